The van der Waals surface area contributed by atoms with Crippen molar-refractivity contribution in [3.8, 4) is 11.5 Å². The second-order valence-corrected chi connectivity index (χ2v) is 9.79. The highest BCUT2D eigenvalue weighted by atomic mass is 16.7. The highest BCUT2D eigenvalue weighted by Gasteiger charge is 2.64. The fourth-order valence-corrected chi connectivity index (χ4v) is 6.27. The van der Waals surface area contributed by atoms with Crippen molar-refractivity contribution in [3.63, 3.8) is 0 Å². The van der Waals surface area contributed by atoms with E-state index >= 15 is 0 Å². The second kappa shape index (κ2) is 8.56. The molecule has 4 heterocycles. The van der Waals surface area contributed by atoms with Crippen LogP contribution in [0.3, 0.4) is 0 Å². The van der Waals surface area contributed by atoms with Gasteiger partial charge < -0.3 is 19.1 Å². The first-order valence-corrected chi connectivity index (χ1v) is 12.5. The van der Waals surface area contributed by atoms with Crippen LogP contribution in [0.2, 0.25) is 0 Å². The average Bonchev–Trinajstić information content (AvgIpc) is 3.65. The molecule has 194 valence electrons. The van der Waals surface area contributed by atoms with Crippen LogP contribution in [0.4, 0.5) is 5.69 Å². The molecule has 4 aliphatic rings. The SMILES string of the molecule is COC(=O)c1ccccc1N1C(=O)[C@@H]2[C@@H](C1=O)[C@H]1c3ccccc3C=CN1[C@@H]2C(=O)c1ccc2c(c1)OCO2. The molecule has 39 heavy (non-hydrogen) atoms. The summed E-state index contributed by atoms with van der Waals surface area (Å²) < 4.78 is 15.8. The quantitative estimate of drug-likeness (QED) is 0.291. The molecule has 3 aromatic rings. The van der Waals surface area contributed by atoms with Crippen molar-refractivity contribution < 1.29 is 33.4 Å². The Labute approximate surface area is 223 Å². The summed E-state index contributed by atoms with van der Waals surface area (Å²) in [5, 5.41) is 0. The summed E-state index contributed by atoms with van der Waals surface area (Å²) in [6, 6.07) is 17.4. The second-order valence-electron chi connectivity index (χ2n) is 9.79. The van der Waals surface area contributed by atoms with Crippen molar-refractivity contribution in [2.45, 2.75) is 12.1 Å². The van der Waals surface area contributed by atoms with Gasteiger partial charge in [-0.25, -0.2) is 9.69 Å². The number of nitrogens with zero attached hydrogens (tertiary/aromatic N) is 2. The molecule has 0 N–H and O–H groups in total. The Kier molecular flexibility index (Phi) is 5.09. The van der Waals surface area contributed by atoms with Crippen LogP contribution in [-0.2, 0) is 14.3 Å². The van der Waals surface area contributed by atoms with Crippen LogP contribution in [0.5, 0.6) is 11.5 Å². The lowest BCUT2D eigenvalue weighted by atomic mass is 9.83. The Morgan fingerprint density at radius 3 is 2.49 bits per heavy atom. The minimum absolute atomic E-state index is 0.0659. The number of ketones is 1. The molecule has 4 aliphatic heterocycles. The van der Waals surface area contributed by atoms with Gasteiger partial charge in [0.1, 0.15) is 6.04 Å². The molecule has 0 bridgehead atoms. The Bertz CT molecular complexity index is 1610. The third kappa shape index (κ3) is 3.26. The highest BCUT2D eigenvalue weighted by Crippen LogP contribution is 2.54. The van der Waals surface area contributed by atoms with Gasteiger partial charge in [0.25, 0.3) is 0 Å². The van der Waals surface area contributed by atoms with E-state index in [-0.39, 0.29) is 23.8 Å². The monoisotopic (exact) mass is 522 g/mol. The molecule has 2 amide bonds. The minimum atomic E-state index is -0.970. The molecule has 0 unspecified atom stereocenters. The zero-order valence-electron chi connectivity index (χ0n) is 20.8. The zero-order chi connectivity index (χ0) is 26.8. The lowest BCUT2D eigenvalue weighted by Crippen LogP contribution is -2.44. The van der Waals surface area contributed by atoms with Crippen LogP contribution < -0.4 is 14.4 Å². The van der Waals surface area contributed by atoms with E-state index in [1.807, 2.05) is 35.2 Å². The van der Waals surface area contributed by atoms with Crippen LogP contribution in [0.15, 0.2) is 72.9 Å². The number of carbonyl (C=O) groups excluding carboxylic acids is 4. The van der Waals surface area contributed by atoms with Gasteiger partial charge in [-0.05, 0) is 47.5 Å². The van der Waals surface area contributed by atoms with Crippen LogP contribution in [0.1, 0.15) is 37.9 Å². The minimum Gasteiger partial charge on any atom is -0.465 e. The molecule has 0 aliphatic carbocycles. The maximum atomic E-state index is 14.2. The van der Waals surface area contributed by atoms with Gasteiger partial charge in [0, 0.05) is 11.8 Å². The van der Waals surface area contributed by atoms with E-state index in [1.165, 1.54) is 13.2 Å². The molecule has 2 saturated heterocycles. The molecule has 4 atom stereocenters. The molecule has 0 spiro atoms. The maximum absolute atomic E-state index is 14.2. The van der Waals surface area contributed by atoms with E-state index in [0.29, 0.717) is 17.1 Å². The Balaban J connectivity index is 1.37. The number of Topliss-reactive ketones (excluding diaryl/α,β-unsaturated/α-hetero) is 1. The fraction of sp³-hybridized carbons (Fsp3) is 0.200. The summed E-state index contributed by atoms with van der Waals surface area (Å²) in [6.07, 6.45) is 3.69. The molecule has 9 nitrogen and oxygen atoms in total. The Morgan fingerprint density at radius 2 is 1.64 bits per heavy atom. The average molecular weight is 523 g/mol. The molecule has 9 heteroatoms. The molecule has 3 aromatic carbocycles. The summed E-state index contributed by atoms with van der Waals surface area (Å²) in [4.78, 5) is 57.9. The highest BCUT2D eigenvalue weighted by molar-refractivity contribution is 6.26. The number of hydrogen-bond donors (Lipinski definition) is 0. The molecule has 7 rings (SSSR count). The van der Waals surface area contributed by atoms with Crippen molar-refractivity contribution in [2.75, 3.05) is 18.8 Å². The van der Waals surface area contributed by atoms with E-state index in [2.05, 4.69) is 0 Å². The fourth-order valence-electron chi connectivity index (χ4n) is 6.27. The standard InChI is InChI=1S/C30H22N2O7/c1-37-30(36)19-8-4-5-9-20(19)32-28(34)23-24(29(32)35)26(27(33)17-10-11-21-22(14-17)39-15-38-21)31-13-12-16-6-2-3-7-18(16)25(23)31/h2-14,23-26H,15H2,1H3/t23-,24-,25-,26+/m1/s1. The number of hydrogen-bond acceptors (Lipinski definition) is 8. The number of ether oxygens (including phenoxy) is 3. The first-order valence-electron chi connectivity index (χ1n) is 12.5. The van der Waals surface area contributed by atoms with Gasteiger partial charge in [-0.1, -0.05) is 36.4 Å². The Morgan fingerprint density at radius 1 is 0.897 bits per heavy atom. The van der Waals surface area contributed by atoms with Gasteiger partial charge in [-0.15, -0.1) is 0 Å². The number of para-hydroxylation sites is 1. The molecule has 0 aromatic heterocycles. The summed E-state index contributed by atoms with van der Waals surface area (Å²) in [5.41, 5.74) is 2.38. The van der Waals surface area contributed by atoms with E-state index in [4.69, 9.17) is 14.2 Å². The summed E-state index contributed by atoms with van der Waals surface area (Å²) >= 11 is 0. The smallest absolute Gasteiger partial charge is 0.339 e. The first kappa shape index (κ1) is 23.2. The summed E-state index contributed by atoms with van der Waals surface area (Å²) in [7, 11) is 1.24. The number of imide groups is 1. The number of anilines is 1. The normalized spacial score (nSPS) is 23.9. The largest absolute Gasteiger partial charge is 0.465 e. The van der Waals surface area contributed by atoms with Crippen molar-refractivity contribution in [3.05, 3.63) is 95.2 Å². The van der Waals surface area contributed by atoms with Gasteiger partial charge in [-0.3, -0.25) is 14.4 Å². The van der Waals surface area contributed by atoms with Crippen molar-refractivity contribution in [2.24, 2.45) is 11.8 Å². The van der Waals surface area contributed by atoms with Crippen molar-refractivity contribution >= 4 is 35.3 Å². The maximum Gasteiger partial charge on any atom is 0.339 e. The van der Waals surface area contributed by atoms with E-state index in [0.717, 1.165) is 16.0 Å². The number of esters is 1. The molecule has 2 fully saturated rings. The number of carbonyl (C=O) groups is 4. The number of amides is 2. The molecular formula is C30H22N2O7. The van der Waals surface area contributed by atoms with E-state index in [9.17, 15) is 19.2 Å². The zero-order valence-corrected chi connectivity index (χ0v) is 20.8. The third-order valence-electron chi connectivity index (χ3n) is 7.94. The van der Waals surface area contributed by atoms with Crippen LogP contribution in [0.25, 0.3) is 6.08 Å². The molecule has 0 radical (unpaired) electrons. The predicted molar refractivity (Wildman–Crippen MR) is 138 cm³/mol. The number of rotatable bonds is 4. The van der Waals surface area contributed by atoms with Crippen LogP contribution in [-0.4, -0.2) is 48.4 Å². The lowest BCUT2D eigenvalue weighted by Gasteiger charge is -2.35. The summed E-state index contributed by atoms with van der Waals surface area (Å²) in [6.45, 7) is 0.0659. The topological polar surface area (TPSA) is 102 Å². The van der Waals surface area contributed by atoms with E-state index in [1.54, 1.807) is 42.6 Å². The Hall–Kier alpha value is -4.92. The van der Waals surface area contributed by atoms with Crippen LogP contribution in [0, 0.1) is 11.8 Å². The predicted octanol–water partition coefficient (Wildman–Crippen LogP) is 3.60. The van der Waals surface area contributed by atoms with Crippen molar-refractivity contribution in [1.29, 1.82) is 0 Å². The lowest BCUT2D eigenvalue weighted by molar-refractivity contribution is -0.123. The van der Waals surface area contributed by atoms with Crippen LogP contribution >= 0.6 is 0 Å². The van der Waals surface area contributed by atoms with Gasteiger partial charge in [0.05, 0.1) is 36.2 Å². The van der Waals surface area contributed by atoms with Gasteiger partial charge in [0.15, 0.2) is 17.3 Å². The van der Waals surface area contributed by atoms with Gasteiger partial charge in [0.2, 0.25) is 18.6 Å². The molecule has 0 saturated carbocycles. The first-order chi connectivity index (χ1) is 19.0. The molecular weight excluding hydrogens is 500 g/mol. The van der Waals surface area contributed by atoms with E-state index < -0.39 is 41.7 Å². The number of benzene rings is 3. The number of methoxy groups -OCH3 is 1. The third-order valence-corrected chi connectivity index (χ3v) is 7.94. The van der Waals surface area contributed by atoms with Crippen molar-refractivity contribution in [1.82, 2.24) is 4.90 Å². The van der Waals surface area contributed by atoms with Gasteiger partial charge in [-0.2, -0.15) is 0 Å². The summed E-state index contributed by atoms with van der Waals surface area (Å²) in [5.74, 6) is -2.77. The number of fused-ring (bicyclic) bond motifs is 6. The van der Waals surface area contributed by atoms with Gasteiger partial charge >= 0.3 is 5.97 Å².